The summed E-state index contributed by atoms with van der Waals surface area (Å²) >= 11 is 1.61. The van der Waals surface area contributed by atoms with E-state index in [1.165, 1.54) is 6.07 Å². The van der Waals surface area contributed by atoms with Crippen LogP contribution in [0, 0.1) is 5.82 Å². The first-order chi connectivity index (χ1) is 8.22. The molecular weight excluding hydrogens is 237 g/mol. The van der Waals surface area contributed by atoms with E-state index in [9.17, 15) is 4.39 Å². The molecule has 4 heteroatoms. The number of thioether (sulfide) groups is 1. The number of hydrogen-bond donors (Lipinski definition) is 1. The minimum Gasteiger partial charge on any atom is -0.383 e. The summed E-state index contributed by atoms with van der Waals surface area (Å²) in [5.74, 6) is 0.865. The fraction of sp³-hybridized carbons (Fsp3) is 0.538. The lowest BCUT2D eigenvalue weighted by Gasteiger charge is -2.28. The van der Waals surface area contributed by atoms with Crippen molar-refractivity contribution < 1.29 is 9.13 Å². The standard InChI is InChI=1S/C13H18FNOS/c1-9(8-16-2)15-12-6-7-17-13-10(12)4-3-5-11(13)14/h3-5,9,12,15H,6-8H2,1-2H3. The summed E-state index contributed by atoms with van der Waals surface area (Å²) in [5, 5.41) is 3.50. The number of halogens is 1. The van der Waals surface area contributed by atoms with Crippen molar-refractivity contribution in [2.45, 2.75) is 30.3 Å². The highest BCUT2D eigenvalue weighted by atomic mass is 32.2. The molecule has 1 aromatic rings. The van der Waals surface area contributed by atoms with Crippen LogP contribution in [0.4, 0.5) is 4.39 Å². The monoisotopic (exact) mass is 255 g/mol. The highest BCUT2D eigenvalue weighted by Gasteiger charge is 2.23. The van der Waals surface area contributed by atoms with Crippen LogP contribution < -0.4 is 5.32 Å². The van der Waals surface area contributed by atoms with Crippen LogP contribution in [0.2, 0.25) is 0 Å². The quantitative estimate of drug-likeness (QED) is 0.893. The second kappa shape index (κ2) is 5.85. The van der Waals surface area contributed by atoms with Crippen molar-refractivity contribution >= 4 is 11.8 Å². The molecule has 1 aliphatic rings. The summed E-state index contributed by atoms with van der Waals surface area (Å²) < 4.78 is 18.8. The van der Waals surface area contributed by atoms with Crippen molar-refractivity contribution in [2.24, 2.45) is 0 Å². The van der Waals surface area contributed by atoms with Gasteiger partial charge in [-0.15, -0.1) is 11.8 Å². The van der Waals surface area contributed by atoms with Crippen molar-refractivity contribution in [2.75, 3.05) is 19.5 Å². The maximum Gasteiger partial charge on any atom is 0.137 e. The van der Waals surface area contributed by atoms with E-state index >= 15 is 0 Å². The van der Waals surface area contributed by atoms with Gasteiger partial charge in [0, 0.05) is 24.1 Å². The number of methoxy groups -OCH3 is 1. The molecule has 0 fully saturated rings. The topological polar surface area (TPSA) is 21.3 Å². The third-order valence-corrected chi connectivity index (χ3v) is 4.09. The van der Waals surface area contributed by atoms with E-state index in [-0.39, 0.29) is 17.9 Å². The van der Waals surface area contributed by atoms with Gasteiger partial charge in [0.2, 0.25) is 0 Å². The zero-order valence-electron chi connectivity index (χ0n) is 10.2. The normalized spacial score (nSPS) is 21.0. The van der Waals surface area contributed by atoms with Crippen LogP contribution in [0.15, 0.2) is 23.1 Å². The molecule has 2 nitrogen and oxygen atoms in total. The van der Waals surface area contributed by atoms with Crippen molar-refractivity contribution in [3.63, 3.8) is 0 Å². The van der Waals surface area contributed by atoms with E-state index < -0.39 is 0 Å². The number of ether oxygens (including phenoxy) is 1. The van der Waals surface area contributed by atoms with E-state index in [2.05, 4.69) is 12.2 Å². The highest BCUT2D eigenvalue weighted by Crippen LogP contribution is 2.37. The number of hydrogen-bond acceptors (Lipinski definition) is 3. The Morgan fingerprint density at radius 2 is 2.41 bits per heavy atom. The average Bonchev–Trinajstić information content (AvgIpc) is 2.31. The number of nitrogens with one attached hydrogen (secondary N) is 1. The zero-order chi connectivity index (χ0) is 12.3. The Morgan fingerprint density at radius 1 is 1.59 bits per heavy atom. The molecule has 0 radical (unpaired) electrons. The van der Waals surface area contributed by atoms with E-state index in [4.69, 9.17) is 4.74 Å². The molecule has 94 valence electrons. The Bertz CT molecular complexity index is 386. The number of benzene rings is 1. The van der Waals surface area contributed by atoms with Crippen molar-refractivity contribution in [3.8, 4) is 0 Å². The molecule has 0 amide bonds. The molecule has 0 bridgehead atoms. The highest BCUT2D eigenvalue weighted by molar-refractivity contribution is 7.99. The molecule has 1 aromatic carbocycles. The van der Waals surface area contributed by atoms with Gasteiger partial charge in [-0.1, -0.05) is 12.1 Å². The van der Waals surface area contributed by atoms with Crippen LogP contribution in [-0.2, 0) is 4.74 Å². The second-order valence-electron chi connectivity index (χ2n) is 4.37. The largest absolute Gasteiger partial charge is 0.383 e. The molecule has 2 atom stereocenters. The lowest BCUT2D eigenvalue weighted by molar-refractivity contribution is 0.166. The first-order valence-electron chi connectivity index (χ1n) is 5.88. The van der Waals surface area contributed by atoms with E-state index in [1.807, 2.05) is 6.07 Å². The third-order valence-electron chi connectivity index (χ3n) is 2.93. The SMILES string of the molecule is COCC(C)NC1CCSc2c(F)cccc21. The van der Waals surface area contributed by atoms with Gasteiger partial charge in [-0.25, -0.2) is 4.39 Å². The minimum absolute atomic E-state index is 0.0987. The molecule has 2 rings (SSSR count). The van der Waals surface area contributed by atoms with Crippen molar-refractivity contribution in [1.29, 1.82) is 0 Å². The second-order valence-corrected chi connectivity index (χ2v) is 5.48. The molecule has 17 heavy (non-hydrogen) atoms. The van der Waals surface area contributed by atoms with Crippen LogP contribution >= 0.6 is 11.8 Å². The van der Waals surface area contributed by atoms with Gasteiger partial charge in [0.05, 0.1) is 6.61 Å². The summed E-state index contributed by atoms with van der Waals surface area (Å²) in [6.07, 6.45) is 1.04. The van der Waals surface area contributed by atoms with Crippen LogP contribution in [-0.4, -0.2) is 25.5 Å². The summed E-state index contributed by atoms with van der Waals surface area (Å²) in [6, 6.07) is 5.86. The Hall–Kier alpha value is -0.580. The predicted molar refractivity (Wildman–Crippen MR) is 69.0 cm³/mol. The molecule has 1 N–H and O–H groups in total. The average molecular weight is 255 g/mol. The van der Waals surface area contributed by atoms with Crippen LogP contribution in [0.1, 0.15) is 24.9 Å². The van der Waals surface area contributed by atoms with Crippen LogP contribution in [0.5, 0.6) is 0 Å². The first kappa shape index (κ1) is 12.9. The third kappa shape index (κ3) is 3.00. The van der Waals surface area contributed by atoms with Gasteiger partial charge in [0.1, 0.15) is 5.82 Å². The van der Waals surface area contributed by atoms with Gasteiger partial charge in [0.15, 0.2) is 0 Å². The van der Waals surface area contributed by atoms with Crippen LogP contribution in [0.25, 0.3) is 0 Å². The lowest BCUT2D eigenvalue weighted by Crippen LogP contribution is -2.35. The fourth-order valence-corrected chi connectivity index (χ4v) is 3.34. The first-order valence-corrected chi connectivity index (χ1v) is 6.87. The van der Waals surface area contributed by atoms with Crippen LogP contribution in [0.3, 0.4) is 0 Å². The Balaban J connectivity index is 2.14. The molecular formula is C13H18FNOS. The summed E-state index contributed by atoms with van der Waals surface area (Å²) in [5.41, 5.74) is 1.09. The number of fused-ring (bicyclic) bond motifs is 1. The van der Waals surface area contributed by atoms with Gasteiger partial charge in [-0.2, -0.15) is 0 Å². The van der Waals surface area contributed by atoms with Crippen molar-refractivity contribution in [1.82, 2.24) is 5.32 Å². The Morgan fingerprint density at radius 3 is 3.18 bits per heavy atom. The maximum absolute atomic E-state index is 13.7. The summed E-state index contributed by atoms with van der Waals surface area (Å²) in [4.78, 5) is 0.806. The molecule has 2 unspecified atom stereocenters. The van der Waals surface area contributed by atoms with Gasteiger partial charge in [-0.3, -0.25) is 0 Å². The summed E-state index contributed by atoms with van der Waals surface area (Å²) in [7, 11) is 1.70. The summed E-state index contributed by atoms with van der Waals surface area (Å²) in [6.45, 7) is 2.76. The van der Waals surface area contributed by atoms with E-state index in [0.29, 0.717) is 6.61 Å². The Labute approximate surface area is 106 Å². The number of rotatable bonds is 4. The molecule has 0 aromatic heterocycles. The lowest BCUT2D eigenvalue weighted by atomic mass is 10.0. The predicted octanol–water partition coefficient (Wildman–Crippen LogP) is 2.99. The zero-order valence-corrected chi connectivity index (χ0v) is 11.0. The molecule has 0 aliphatic carbocycles. The molecule has 0 saturated carbocycles. The van der Waals surface area contributed by atoms with Gasteiger partial charge in [-0.05, 0) is 30.7 Å². The molecule has 0 spiro atoms. The molecule has 0 saturated heterocycles. The fourth-order valence-electron chi connectivity index (χ4n) is 2.20. The van der Waals surface area contributed by atoms with Gasteiger partial charge in [0.25, 0.3) is 0 Å². The minimum atomic E-state index is -0.0987. The van der Waals surface area contributed by atoms with Crippen molar-refractivity contribution in [3.05, 3.63) is 29.6 Å². The molecule has 1 heterocycles. The molecule has 1 aliphatic heterocycles. The smallest absolute Gasteiger partial charge is 0.137 e. The van der Waals surface area contributed by atoms with Gasteiger partial charge >= 0.3 is 0 Å². The van der Waals surface area contributed by atoms with E-state index in [1.54, 1.807) is 24.9 Å². The van der Waals surface area contributed by atoms with E-state index in [0.717, 1.165) is 22.6 Å². The Kier molecular flexibility index (Phi) is 4.42. The maximum atomic E-state index is 13.7. The van der Waals surface area contributed by atoms with Gasteiger partial charge < -0.3 is 10.1 Å².